The summed E-state index contributed by atoms with van der Waals surface area (Å²) in [6.07, 6.45) is 3.80. The third-order valence-corrected chi connectivity index (χ3v) is 7.72. The molecule has 1 fully saturated rings. The van der Waals surface area contributed by atoms with E-state index in [2.05, 4.69) is 25.2 Å². The highest BCUT2D eigenvalue weighted by molar-refractivity contribution is 6.32. The maximum absolute atomic E-state index is 14.2. The molecule has 3 aromatic heterocycles. The zero-order chi connectivity index (χ0) is 31.1. The van der Waals surface area contributed by atoms with Crippen molar-refractivity contribution in [3.63, 3.8) is 0 Å². The van der Waals surface area contributed by atoms with Gasteiger partial charge in [0.2, 0.25) is 0 Å². The first-order valence-electron chi connectivity index (χ1n) is 13.8. The molecular formula is C31H32ClFN6O4. The lowest BCUT2D eigenvalue weighted by Gasteiger charge is -2.44. The fourth-order valence-corrected chi connectivity index (χ4v) is 5.70. The van der Waals surface area contributed by atoms with E-state index in [0.717, 1.165) is 25.5 Å². The van der Waals surface area contributed by atoms with E-state index in [1.165, 1.54) is 24.1 Å². The summed E-state index contributed by atoms with van der Waals surface area (Å²) in [5, 5.41) is 22.7. The number of nitrogens with one attached hydrogen (secondary N) is 1. The van der Waals surface area contributed by atoms with E-state index in [4.69, 9.17) is 11.6 Å². The molecule has 0 saturated carbocycles. The number of aromatic hydroxyl groups is 1. The summed E-state index contributed by atoms with van der Waals surface area (Å²) >= 11 is 5.99. The minimum atomic E-state index is -0.937. The SMILES string of the molecule is CC(=O)c1cnc2ccc(-c3cc(F)c(O)c(Cl)c3)nc2c1Nc1ccc(N2CCC[C@H](N(C(=O)O)C(C)(C)C)C2)nc1. The number of carbonyl (C=O) groups is 2. The number of carboxylic acid groups (broad SMARTS) is 1. The molecule has 4 heterocycles. The first-order chi connectivity index (χ1) is 20.3. The summed E-state index contributed by atoms with van der Waals surface area (Å²) < 4.78 is 14.2. The van der Waals surface area contributed by atoms with Gasteiger partial charge in [0, 0.05) is 30.4 Å². The number of phenolic OH excluding ortho intramolecular Hbond substituents is 1. The molecule has 10 nitrogen and oxygen atoms in total. The summed E-state index contributed by atoms with van der Waals surface area (Å²) in [6, 6.07) is 9.43. The van der Waals surface area contributed by atoms with Crippen LogP contribution < -0.4 is 10.2 Å². The lowest BCUT2D eigenvalue weighted by molar-refractivity contribution is 0.0647. The fraction of sp³-hybridized carbons (Fsp3) is 0.323. The Labute approximate surface area is 253 Å². The molecule has 0 bridgehead atoms. The molecule has 1 atom stereocenters. The monoisotopic (exact) mass is 606 g/mol. The average Bonchev–Trinajstić information content (AvgIpc) is 2.95. The Morgan fingerprint density at radius 3 is 2.53 bits per heavy atom. The summed E-state index contributed by atoms with van der Waals surface area (Å²) in [6.45, 7) is 8.40. The predicted octanol–water partition coefficient (Wildman–Crippen LogP) is 6.88. The van der Waals surface area contributed by atoms with Crippen molar-refractivity contribution in [2.75, 3.05) is 23.3 Å². The Morgan fingerprint density at radius 1 is 1.14 bits per heavy atom. The second-order valence-corrected chi connectivity index (χ2v) is 12.0. The quantitative estimate of drug-likeness (QED) is 0.201. The molecule has 1 amide bonds. The first kappa shape index (κ1) is 30.0. The summed E-state index contributed by atoms with van der Waals surface area (Å²) in [7, 11) is 0. The van der Waals surface area contributed by atoms with Gasteiger partial charge < -0.3 is 20.4 Å². The molecule has 3 N–H and O–H groups in total. The number of carbonyl (C=O) groups excluding carboxylic acids is 1. The summed E-state index contributed by atoms with van der Waals surface area (Å²) in [5.74, 6) is -1.03. The molecule has 224 valence electrons. The van der Waals surface area contributed by atoms with Crippen molar-refractivity contribution in [3.8, 4) is 17.0 Å². The van der Waals surface area contributed by atoms with Crippen molar-refractivity contribution in [1.82, 2.24) is 19.9 Å². The first-order valence-corrected chi connectivity index (χ1v) is 14.2. The lowest BCUT2D eigenvalue weighted by atomic mass is 9.97. The van der Waals surface area contributed by atoms with Crippen LogP contribution in [0.15, 0.2) is 48.8 Å². The summed E-state index contributed by atoms with van der Waals surface area (Å²) in [4.78, 5) is 41.9. The number of ketones is 1. The van der Waals surface area contributed by atoms with Crippen LogP contribution in [-0.2, 0) is 0 Å². The second kappa shape index (κ2) is 11.6. The summed E-state index contributed by atoms with van der Waals surface area (Å²) in [5.41, 5.74) is 2.41. The van der Waals surface area contributed by atoms with Gasteiger partial charge in [0.15, 0.2) is 17.3 Å². The molecule has 0 radical (unpaired) electrons. The van der Waals surface area contributed by atoms with Crippen LogP contribution in [0.4, 0.5) is 26.4 Å². The highest BCUT2D eigenvalue weighted by Gasteiger charge is 2.36. The van der Waals surface area contributed by atoms with Crippen LogP contribution in [0.3, 0.4) is 0 Å². The van der Waals surface area contributed by atoms with E-state index in [9.17, 15) is 24.2 Å². The molecule has 43 heavy (non-hydrogen) atoms. The van der Waals surface area contributed by atoms with E-state index in [-0.39, 0.29) is 16.8 Å². The normalized spacial score (nSPS) is 15.4. The second-order valence-electron chi connectivity index (χ2n) is 11.6. The minimum absolute atomic E-state index is 0.147. The Hall–Kier alpha value is -4.51. The van der Waals surface area contributed by atoms with Gasteiger partial charge in [0.1, 0.15) is 11.3 Å². The number of halogens is 2. The van der Waals surface area contributed by atoms with Gasteiger partial charge >= 0.3 is 6.09 Å². The van der Waals surface area contributed by atoms with Gasteiger partial charge in [-0.05, 0) is 76.9 Å². The van der Waals surface area contributed by atoms with Crippen LogP contribution in [0, 0.1) is 5.82 Å². The number of Topliss-reactive ketones (excluding diaryl/α,β-unsaturated/α-hetero) is 1. The topological polar surface area (TPSA) is 132 Å². The van der Waals surface area contributed by atoms with Crippen molar-refractivity contribution in [2.45, 2.75) is 52.1 Å². The number of fused-ring (bicyclic) bond motifs is 1. The number of hydrogen-bond donors (Lipinski definition) is 3. The number of nitrogens with zero attached hydrogens (tertiary/aromatic N) is 5. The minimum Gasteiger partial charge on any atom is -0.504 e. The largest absolute Gasteiger partial charge is 0.504 e. The number of piperidine rings is 1. The molecular weight excluding hydrogens is 575 g/mol. The highest BCUT2D eigenvalue weighted by Crippen LogP contribution is 2.35. The van der Waals surface area contributed by atoms with E-state index in [0.29, 0.717) is 51.6 Å². The number of amides is 1. The van der Waals surface area contributed by atoms with Crippen molar-refractivity contribution in [1.29, 1.82) is 0 Å². The predicted molar refractivity (Wildman–Crippen MR) is 164 cm³/mol. The molecule has 0 unspecified atom stereocenters. The van der Waals surface area contributed by atoms with Crippen LogP contribution in [0.5, 0.6) is 5.75 Å². The maximum Gasteiger partial charge on any atom is 0.408 e. The van der Waals surface area contributed by atoms with Gasteiger partial charge in [-0.25, -0.2) is 19.2 Å². The number of anilines is 3. The molecule has 1 aliphatic rings. The smallest absolute Gasteiger partial charge is 0.408 e. The van der Waals surface area contributed by atoms with Crippen LogP contribution in [-0.4, -0.2) is 66.6 Å². The number of rotatable bonds is 6. The number of hydrogen-bond acceptors (Lipinski definition) is 8. The van der Waals surface area contributed by atoms with Gasteiger partial charge in [0.25, 0.3) is 0 Å². The van der Waals surface area contributed by atoms with Crippen molar-refractivity contribution in [3.05, 3.63) is 65.2 Å². The Balaban J connectivity index is 1.45. The van der Waals surface area contributed by atoms with E-state index >= 15 is 0 Å². The third-order valence-electron chi connectivity index (χ3n) is 7.44. The molecule has 0 spiro atoms. The third kappa shape index (κ3) is 6.17. The molecule has 0 aliphatic carbocycles. The molecule has 5 rings (SSSR count). The van der Waals surface area contributed by atoms with Crippen molar-refractivity contribution < 1.29 is 24.2 Å². The molecule has 1 aromatic carbocycles. The average molecular weight is 607 g/mol. The van der Waals surface area contributed by atoms with Crippen molar-refractivity contribution in [2.24, 2.45) is 0 Å². The lowest BCUT2D eigenvalue weighted by Crippen LogP contribution is -2.57. The molecule has 1 aliphatic heterocycles. The van der Waals surface area contributed by atoms with Gasteiger partial charge in [-0.1, -0.05) is 11.6 Å². The fourth-order valence-electron chi connectivity index (χ4n) is 5.49. The number of aromatic nitrogens is 3. The van der Waals surface area contributed by atoms with E-state index < -0.39 is 23.2 Å². The van der Waals surface area contributed by atoms with Gasteiger partial charge in [-0.2, -0.15) is 0 Å². The van der Waals surface area contributed by atoms with Crippen LogP contribution in [0.2, 0.25) is 5.02 Å². The number of pyridine rings is 3. The van der Waals surface area contributed by atoms with E-state index in [1.807, 2.05) is 32.9 Å². The van der Waals surface area contributed by atoms with Crippen LogP contribution >= 0.6 is 11.6 Å². The number of benzene rings is 1. The highest BCUT2D eigenvalue weighted by atomic mass is 35.5. The zero-order valence-electron chi connectivity index (χ0n) is 24.2. The van der Waals surface area contributed by atoms with Crippen LogP contribution in [0.1, 0.15) is 50.9 Å². The molecule has 12 heteroatoms. The van der Waals surface area contributed by atoms with Gasteiger partial charge in [-0.15, -0.1) is 0 Å². The zero-order valence-corrected chi connectivity index (χ0v) is 25.0. The van der Waals surface area contributed by atoms with Crippen LogP contribution in [0.25, 0.3) is 22.3 Å². The Kier molecular flexibility index (Phi) is 8.11. The van der Waals surface area contributed by atoms with Gasteiger partial charge in [-0.3, -0.25) is 14.7 Å². The van der Waals surface area contributed by atoms with Crippen molar-refractivity contribution >= 4 is 51.7 Å². The molecule has 1 saturated heterocycles. The van der Waals surface area contributed by atoms with Gasteiger partial charge in [0.05, 0.1) is 45.4 Å². The maximum atomic E-state index is 14.2. The van der Waals surface area contributed by atoms with E-state index in [1.54, 1.807) is 18.3 Å². The standard InChI is InChI=1S/C31H32ClFN6O4/c1-17(40)21-15-34-25-9-8-24(18-12-22(32)29(41)23(33)13-18)37-28(25)27(21)36-19-7-10-26(35-14-19)38-11-5-6-20(16-38)39(30(42)43)31(2,3)4/h7-10,12-15,20,41H,5-6,11,16H2,1-4H3,(H,34,36)(H,42,43)/t20-/m0/s1. The number of phenols is 1. The Morgan fingerprint density at radius 2 is 1.91 bits per heavy atom. The molecule has 4 aromatic rings. The Bertz CT molecular complexity index is 1690.